The molecule has 2 amide bonds. The summed E-state index contributed by atoms with van der Waals surface area (Å²) in [7, 11) is 0. The van der Waals surface area contributed by atoms with Crippen molar-refractivity contribution in [2.45, 2.75) is 33.4 Å². The fourth-order valence-electron chi connectivity index (χ4n) is 3.71. The van der Waals surface area contributed by atoms with Crippen molar-refractivity contribution < 1.29 is 19.2 Å². The lowest BCUT2D eigenvalue weighted by atomic mass is 10.0. The van der Waals surface area contributed by atoms with Crippen LogP contribution in [0.15, 0.2) is 41.1 Å². The number of carbonyl (C=O) groups excluding carboxylic acids is 2. The molecule has 1 atom stereocenters. The molecule has 1 aromatic heterocycles. The highest BCUT2D eigenvalue weighted by molar-refractivity contribution is 7.07. The molecule has 1 aliphatic heterocycles. The van der Waals surface area contributed by atoms with Gasteiger partial charge in [0.1, 0.15) is 18.3 Å². The van der Waals surface area contributed by atoms with Crippen molar-refractivity contribution in [3.8, 4) is 5.75 Å². The zero-order chi connectivity index (χ0) is 21.5. The molecule has 30 heavy (non-hydrogen) atoms. The van der Waals surface area contributed by atoms with Crippen molar-refractivity contribution in [3.63, 3.8) is 0 Å². The molecule has 0 saturated carbocycles. The fourth-order valence-corrected chi connectivity index (χ4v) is 4.37. The quantitative estimate of drug-likeness (QED) is 0.672. The third-order valence-electron chi connectivity index (χ3n) is 5.46. The normalized spacial score (nSPS) is 15.8. The van der Waals surface area contributed by atoms with Crippen LogP contribution in [0.4, 0.5) is 0 Å². The molecule has 7 heteroatoms. The second-order valence-corrected chi connectivity index (χ2v) is 8.82. The Bertz CT molecular complexity index is 813. The van der Waals surface area contributed by atoms with Gasteiger partial charge in [-0.25, -0.2) is 0 Å². The molecular formula is C23H32N3O3S+. The van der Waals surface area contributed by atoms with Gasteiger partial charge in [-0.05, 0) is 53.9 Å². The molecule has 0 unspecified atom stereocenters. The molecular weight excluding hydrogens is 398 g/mol. The van der Waals surface area contributed by atoms with Crippen LogP contribution >= 0.6 is 11.3 Å². The maximum Gasteiger partial charge on any atom is 0.251 e. The lowest BCUT2D eigenvalue weighted by Gasteiger charge is -2.35. The molecule has 1 aliphatic rings. The van der Waals surface area contributed by atoms with Crippen LogP contribution in [0.2, 0.25) is 0 Å². The molecule has 0 radical (unpaired) electrons. The van der Waals surface area contributed by atoms with E-state index in [-0.39, 0.29) is 17.7 Å². The summed E-state index contributed by atoms with van der Waals surface area (Å²) in [4.78, 5) is 29.3. The standard InChI is InChI=1S/C23H31N3O3S/c1-4-29-20-7-5-19(6-8-20)22(27)24-21(17(2)3)23(28)26-12-10-25(11-13-26)15-18-9-14-30-16-18/h5-9,14,16-17,21H,4,10-13,15H2,1-3H3,(H,24,27)/p+1/t21-/m0/s1. The number of amides is 2. The summed E-state index contributed by atoms with van der Waals surface area (Å²) in [6, 6.07) is 8.66. The molecule has 162 valence electrons. The van der Waals surface area contributed by atoms with E-state index in [1.54, 1.807) is 35.6 Å². The first-order valence-corrected chi connectivity index (χ1v) is 11.6. The predicted octanol–water partition coefficient (Wildman–Crippen LogP) is 1.83. The van der Waals surface area contributed by atoms with Crippen molar-refractivity contribution in [1.29, 1.82) is 0 Å². The highest BCUT2D eigenvalue weighted by Crippen LogP contribution is 2.14. The van der Waals surface area contributed by atoms with E-state index in [1.807, 2.05) is 25.7 Å². The van der Waals surface area contributed by atoms with Crippen LogP contribution < -0.4 is 15.0 Å². The number of nitrogens with one attached hydrogen (secondary N) is 2. The van der Waals surface area contributed by atoms with Crippen LogP contribution in [0.25, 0.3) is 0 Å². The van der Waals surface area contributed by atoms with Crippen molar-refractivity contribution in [2.75, 3.05) is 32.8 Å². The molecule has 3 rings (SSSR count). The summed E-state index contributed by atoms with van der Waals surface area (Å²) in [6.07, 6.45) is 0. The summed E-state index contributed by atoms with van der Waals surface area (Å²) >= 11 is 1.72. The number of benzene rings is 1. The second kappa shape index (κ2) is 10.6. The van der Waals surface area contributed by atoms with E-state index in [2.05, 4.69) is 22.1 Å². The molecule has 2 heterocycles. The Morgan fingerprint density at radius 3 is 2.43 bits per heavy atom. The highest BCUT2D eigenvalue weighted by atomic mass is 32.1. The van der Waals surface area contributed by atoms with Gasteiger partial charge in [-0.15, -0.1) is 0 Å². The van der Waals surface area contributed by atoms with Gasteiger partial charge in [-0.1, -0.05) is 13.8 Å². The smallest absolute Gasteiger partial charge is 0.251 e. The summed E-state index contributed by atoms with van der Waals surface area (Å²) in [5.74, 6) is 0.527. The van der Waals surface area contributed by atoms with Crippen LogP contribution in [0.3, 0.4) is 0 Å². The van der Waals surface area contributed by atoms with Gasteiger partial charge in [0.05, 0.1) is 32.8 Å². The van der Waals surface area contributed by atoms with Crippen LogP contribution in [-0.2, 0) is 11.3 Å². The molecule has 1 saturated heterocycles. The zero-order valence-electron chi connectivity index (χ0n) is 18.0. The maximum absolute atomic E-state index is 13.2. The molecule has 0 bridgehead atoms. The number of quaternary nitrogens is 1. The first-order valence-electron chi connectivity index (χ1n) is 10.6. The number of hydrogen-bond donors (Lipinski definition) is 2. The average molecular weight is 431 g/mol. The third kappa shape index (κ3) is 5.83. The van der Waals surface area contributed by atoms with Crippen molar-refractivity contribution in [1.82, 2.24) is 10.2 Å². The van der Waals surface area contributed by atoms with E-state index in [0.29, 0.717) is 12.2 Å². The Kier molecular flexibility index (Phi) is 7.87. The van der Waals surface area contributed by atoms with E-state index in [4.69, 9.17) is 4.74 Å². The Hall–Kier alpha value is -2.38. The number of nitrogens with zero attached hydrogens (tertiary/aromatic N) is 1. The molecule has 2 N–H and O–H groups in total. The first kappa shape index (κ1) is 22.3. The van der Waals surface area contributed by atoms with E-state index in [9.17, 15) is 9.59 Å². The molecule has 0 aliphatic carbocycles. The lowest BCUT2D eigenvalue weighted by Crippen LogP contribution is -3.13. The van der Waals surface area contributed by atoms with Gasteiger partial charge in [-0.3, -0.25) is 9.59 Å². The summed E-state index contributed by atoms with van der Waals surface area (Å²) in [6.45, 7) is 10.8. The van der Waals surface area contributed by atoms with Crippen LogP contribution in [0.1, 0.15) is 36.7 Å². The van der Waals surface area contributed by atoms with Crippen LogP contribution in [-0.4, -0.2) is 55.5 Å². The molecule has 6 nitrogen and oxygen atoms in total. The van der Waals surface area contributed by atoms with E-state index >= 15 is 0 Å². The molecule has 2 aromatic rings. The van der Waals surface area contributed by atoms with Gasteiger partial charge in [0.15, 0.2) is 0 Å². The van der Waals surface area contributed by atoms with E-state index < -0.39 is 6.04 Å². The minimum Gasteiger partial charge on any atom is -0.494 e. The fraction of sp³-hybridized carbons (Fsp3) is 0.478. The average Bonchev–Trinajstić information content (AvgIpc) is 3.25. The van der Waals surface area contributed by atoms with Crippen LogP contribution in [0.5, 0.6) is 5.75 Å². The van der Waals surface area contributed by atoms with Gasteiger partial charge < -0.3 is 19.9 Å². The zero-order valence-corrected chi connectivity index (χ0v) is 18.8. The van der Waals surface area contributed by atoms with E-state index in [1.165, 1.54) is 10.5 Å². The number of ether oxygens (including phenoxy) is 1. The Balaban J connectivity index is 1.56. The van der Waals surface area contributed by atoms with Crippen molar-refractivity contribution in [2.24, 2.45) is 5.92 Å². The van der Waals surface area contributed by atoms with Crippen LogP contribution in [0, 0.1) is 5.92 Å². The largest absolute Gasteiger partial charge is 0.494 e. The van der Waals surface area contributed by atoms with E-state index in [0.717, 1.165) is 38.5 Å². The number of piperazine rings is 1. The molecule has 1 aromatic carbocycles. The highest BCUT2D eigenvalue weighted by Gasteiger charge is 2.32. The first-order chi connectivity index (χ1) is 14.5. The number of rotatable bonds is 8. The predicted molar refractivity (Wildman–Crippen MR) is 119 cm³/mol. The van der Waals surface area contributed by atoms with Gasteiger partial charge in [-0.2, -0.15) is 11.3 Å². The molecule has 1 fully saturated rings. The van der Waals surface area contributed by atoms with Crippen molar-refractivity contribution >= 4 is 23.2 Å². The summed E-state index contributed by atoms with van der Waals surface area (Å²) in [5.41, 5.74) is 1.89. The minimum absolute atomic E-state index is 0.0128. The van der Waals surface area contributed by atoms with Gasteiger partial charge >= 0.3 is 0 Å². The van der Waals surface area contributed by atoms with Gasteiger partial charge in [0.25, 0.3) is 5.91 Å². The molecule has 0 spiro atoms. The SMILES string of the molecule is CCOc1ccc(C(=O)N[C@H](C(=O)N2CC[NH+](Cc3ccsc3)CC2)C(C)C)cc1. The van der Waals surface area contributed by atoms with Gasteiger partial charge in [0, 0.05) is 11.1 Å². The maximum atomic E-state index is 13.2. The van der Waals surface area contributed by atoms with Gasteiger partial charge in [0.2, 0.25) is 5.91 Å². The Morgan fingerprint density at radius 1 is 1.17 bits per heavy atom. The third-order valence-corrected chi connectivity index (χ3v) is 6.20. The number of thiophene rings is 1. The lowest BCUT2D eigenvalue weighted by molar-refractivity contribution is -0.917. The summed E-state index contributed by atoms with van der Waals surface area (Å²) < 4.78 is 5.43. The number of carbonyl (C=O) groups is 2. The Morgan fingerprint density at radius 2 is 1.87 bits per heavy atom. The summed E-state index contributed by atoms with van der Waals surface area (Å²) in [5, 5.41) is 7.25. The minimum atomic E-state index is -0.525. The number of hydrogen-bond acceptors (Lipinski definition) is 4. The topological polar surface area (TPSA) is 63.1 Å². The monoisotopic (exact) mass is 430 g/mol. The second-order valence-electron chi connectivity index (χ2n) is 8.04. The Labute approximate surface area is 182 Å². The van der Waals surface area contributed by atoms with Crippen molar-refractivity contribution in [3.05, 3.63) is 52.2 Å².